The van der Waals surface area contributed by atoms with Gasteiger partial charge in [0.25, 0.3) is 0 Å². The molecule has 0 aromatic carbocycles. The van der Waals surface area contributed by atoms with Crippen LogP contribution in [-0.4, -0.2) is 48.9 Å². The van der Waals surface area contributed by atoms with E-state index in [4.69, 9.17) is 22.4 Å². The second kappa shape index (κ2) is 7.51. The monoisotopic (exact) mass is 298 g/mol. The number of aliphatic carboxylic acids is 2. The molecule has 0 amide bonds. The number of hydroxylamine groups is 2. The molecule has 20 heavy (non-hydrogen) atoms. The third kappa shape index (κ3) is 4.90. The topological polar surface area (TPSA) is 111 Å². The van der Waals surface area contributed by atoms with Gasteiger partial charge in [-0.2, -0.15) is 0 Å². The van der Waals surface area contributed by atoms with E-state index in [1.807, 2.05) is 0 Å². The maximum Gasteiger partial charge on any atom is 0.308 e. The van der Waals surface area contributed by atoms with Gasteiger partial charge in [0, 0.05) is 24.4 Å². The summed E-state index contributed by atoms with van der Waals surface area (Å²) in [6, 6.07) is 3.16. The zero-order valence-electron chi connectivity index (χ0n) is 10.5. The first kappa shape index (κ1) is 16.0. The first-order valence-electron chi connectivity index (χ1n) is 5.77. The molecule has 0 radical (unpaired) electrons. The number of pyridine rings is 1. The fourth-order valence-electron chi connectivity index (χ4n) is 1.53. The highest BCUT2D eigenvalue weighted by Gasteiger charge is 2.23. The van der Waals surface area contributed by atoms with Gasteiger partial charge in [-0.25, -0.2) is 5.06 Å². The molecule has 1 rings (SSSR count). The Morgan fingerprint density at radius 2 is 1.90 bits per heavy atom. The summed E-state index contributed by atoms with van der Waals surface area (Å²) < 4.78 is 0. The van der Waals surface area contributed by atoms with E-state index in [1.54, 1.807) is 12.1 Å². The van der Waals surface area contributed by atoms with Crippen LogP contribution in [0, 0.1) is 5.92 Å². The highest BCUT2D eigenvalue weighted by molar-refractivity contribution is 7.80. The Morgan fingerprint density at radius 3 is 2.40 bits per heavy atom. The standard InChI is InChI=1S/C12H14N2O5S/c15-10(16)2-1-9(12(17)18)7-14(19)11(20)8-3-5-13-6-4-8/h3-6,9,19H,1-2,7H2,(H,15,16)(H,17,18). The molecule has 0 saturated carbocycles. The van der Waals surface area contributed by atoms with Crippen molar-refractivity contribution in [2.75, 3.05) is 6.54 Å². The first-order valence-corrected chi connectivity index (χ1v) is 6.18. The Hall–Kier alpha value is -2.06. The van der Waals surface area contributed by atoms with Gasteiger partial charge in [-0.15, -0.1) is 0 Å². The van der Waals surface area contributed by atoms with Crippen molar-refractivity contribution in [2.45, 2.75) is 12.8 Å². The van der Waals surface area contributed by atoms with Crippen LogP contribution in [0.4, 0.5) is 0 Å². The second-order valence-electron chi connectivity index (χ2n) is 4.09. The number of carboxylic acids is 2. The molecule has 1 unspecified atom stereocenters. The van der Waals surface area contributed by atoms with E-state index in [1.165, 1.54) is 12.4 Å². The summed E-state index contributed by atoms with van der Waals surface area (Å²) in [5, 5.41) is 28.0. The molecule has 0 fully saturated rings. The molecule has 8 heteroatoms. The van der Waals surface area contributed by atoms with E-state index >= 15 is 0 Å². The number of carboxylic acid groups (broad SMARTS) is 2. The van der Waals surface area contributed by atoms with Crippen LogP contribution in [0.2, 0.25) is 0 Å². The van der Waals surface area contributed by atoms with Gasteiger partial charge in [-0.1, -0.05) is 12.2 Å². The average molecular weight is 298 g/mol. The van der Waals surface area contributed by atoms with E-state index in [2.05, 4.69) is 4.98 Å². The molecule has 1 heterocycles. The van der Waals surface area contributed by atoms with Gasteiger partial charge < -0.3 is 10.2 Å². The molecule has 1 atom stereocenters. The van der Waals surface area contributed by atoms with E-state index in [-0.39, 0.29) is 24.4 Å². The number of nitrogens with zero attached hydrogens (tertiary/aromatic N) is 2. The van der Waals surface area contributed by atoms with Gasteiger partial charge in [0.1, 0.15) is 4.99 Å². The minimum atomic E-state index is -1.18. The summed E-state index contributed by atoms with van der Waals surface area (Å²) in [5.74, 6) is -3.28. The van der Waals surface area contributed by atoms with E-state index in [9.17, 15) is 14.8 Å². The van der Waals surface area contributed by atoms with Crippen LogP contribution in [-0.2, 0) is 9.59 Å². The molecule has 0 spiro atoms. The molecule has 0 aliphatic heterocycles. The molecule has 0 bridgehead atoms. The molecule has 1 aromatic rings. The smallest absolute Gasteiger partial charge is 0.308 e. The number of hydrogen-bond donors (Lipinski definition) is 3. The number of rotatable bonds is 7. The summed E-state index contributed by atoms with van der Waals surface area (Å²) in [4.78, 5) is 25.4. The lowest BCUT2D eigenvalue weighted by atomic mass is 10.0. The normalized spacial score (nSPS) is 11.7. The summed E-state index contributed by atoms with van der Waals surface area (Å²) in [7, 11) is 0. The van der Waals surface area contributed by atoms with Crippen molar-refractivity contribution in [2.24, 2.45) is 5.92 Å². The average Bonchev–Trinajstić information content (AvgIpc) is 2.42. The maximum atomic E-state index is 11.0. The summed E-state index contributed by atoms with van der Waals surface area (Å²) >= 11 is 5.02. The van der Waals surface area contributed by atoms with Crippen molar-refractivity contribution < 1.29 is 25.0 Å². The first-order chi connectivity index (χ1) is 9.41. The van der Waals surface area contributed by atoms with Crippen molar-refractivity contribution in [1.82, 2.24) is 10.0 Å². The van der Waals surface area contributed by atoms with Gasteiger partial charge >= 0.3 is 11.9 Å². The number of carbonyl (C=O) groups is 2. The van der Waals surface area contributed by atoms with Crippen molar-refractivity contribution in [3.05, 3.63) is 30.1 Å². The highest BCUT2D eigenvalue weighted by atomic mass is 32.1. The number of thiocarbonyl (C=S) groups is 1. The van der Waals surface area contributed by atoms with Gasteiger partial charge in [0.2, 0.25) is 0 Å². The van der Waals surface area contributed by atoms with E-state index in [0.29, 0.717) is 10.6 Å². The molecule has 0 aliphatic carbocycles. The Kier molecular flexibility index (Phi) is 6.01. The lowest BCUT2D eigenvalue weighted by Crippen LogP contribution is -2.35. The van der Waals surface area contributed by atoms with Crippen LogP contribution in [0.3, 0.4) is 0 Å². The zero-order valence-corrected chi connectivity index (χ0v) is 11.3. The minimum absolute atomic E-state index is 0.0639. The molecule has 0 saturated heterocycles. The van der Waals surface area contributed by atoms with Crippen LogP contribution < -0.4 is 0 Å². The zero-order chi connectivity index (χ0) is 15.1. The second-order valence-corrected chi connectivity index (χ2v) is 4.48. The van der Waals surface area contributed by atoms with Crippen LogP contribution in [0.5, 0.6) is 0 Å². The minimum Gasteiger partial charge on any atom is -0.481 e. The predicted octanol–water partition coefficient (Wildman–Crippen LogP) is 1.01. The molecular weight excluding hydrogens is 284 g/mol. The van der Waals surface area contributed by atoms with E-state index in [0.717, 1.165) is 0 Å². The van der Waals surface area contributed by atoms with Crippen molar-refractivity contribution in [3.8, 4) is 0 Å². The fourth-order valence-corrected chi connectivity index (χ4v) is 1.74. The summed E-state index contributed by atoms with van der Waals surface area (Å²) in [5.41, 5.74) is 0.528. The summed E-state index contributed by atoms with van der Waals surface area (Å²) in [6.07, 6.45) is 2.62. The van der Waals surface area contributed by atoms with Gasteiger partial charge in [-0.3, -0.25) is 19.8 Å². The highest BCUT2D eigenvalue weighted by Crippen LogP contribution is 2.11. The molecule has 0 aliphatic rings. The van der Waals surface area contributed by atoms with Crippen LogP contribution in [0.1, 0.15) is 18.4 Å². The fraction of sp³-hybridized carbons (Fsp3) is 0.333. The Bertz CT molecular complexity index is 494. The number of hydrogen-bond acceptors (Lipinski definition) is 5. The van der Waals surface area contributed by atoms with Crippen molar-refractivity contribution >= 4 is 29.1 Å². The molecule has 108 valence electrons. The van der Waals surface area contributed by atoms with Crippen LogP contribution >= 0.6 is 12.2 Å². The third-order valence-corrected chi connectivity index (χ3v) is 3.06. The van der Waals surface area contributed by atoms with E-state index < -0.39 is 17.9 Å². The lowest BCUT2D eigenvalue weighted by molar-refractivity contribution is -0.146. The summed E-state index contributed by atoms with van der Waals surface area (Å²) in [6.45, 7) is -0.274. The molecular formula is C12H14N2O5S. The van der Waals surface area contributed by atoms with Crippen molar-refractivity contribution in [3.63, 3.8) is 0 Å². The van der Waals surface area contributed by atoms with Gasteiger partial charge in [0.15, 0.2) is 0 Å². The molecule has 1 aromatic heterocycles. The molecule has 3 N–H and O–H groups in total. The SMILES string of the molecule is O=C(O)CCC(CN(O)C(=S)c1ccncc1)C(=O)O. The Morgan fingerprint density at radius 1 is 1.30 bits per heavy atom. The third-order valence-electron chi connectivity index (χ3n) is 2.61. The van der Waals surface area contributed by atoms with Gasteiger partial charge in [0.05, 0.1) is 12.5 Å². The Balaban J connectivity index is 2.66. The predicted molar refractivity (Wildman–Crippen MR) is 72.4 cm³/mol. The molecule has 7 nitrogen and oxygen atoms in total. The van der Waals surface area contributed by atoms with Crippen LogP contribution in [0.15, 0.2) is 24.5 Å². The van der Waals surface area contributed by atoms with Crippen LogP contribution in [0.25, 0.3) is 0 Å². The Labute approximate surface area is 120 Å². The lowest BCUT2D eigenvalue weighted by Gasteiger charge is -2.21. The quantitative estimate of drug-likeness (QED) is 0.505. The maximum absolute atomic E-state index is 11.0. The number of aromatic nitrogens is 1. The largest absolute Gasteiger partial charge is 0.481 e. The van der Waals surface area contributed by atoms with Gasteiger partial charge in [-0.05, 0) is 18.6 Å². The van der Waals surface area contributed by atoms with Crippen molar-refractivity contribution in [1.29, 1.82) is 0 Å².